The number of hydrogen-bond acceptors (Lipinski definition) is 5. The molecule has 1 aromatic rings. The van der Waals surface area contributed by atoms with Gasteiger partial charge in [-0.3, -0.25) is 9.59 Å². The fourth-order valence-corrected chi connectivity index (χ4v) is 1.46. The van der Waals surface area contributed by atoms with Gasteiger partial charge in [-0.1, -0.05) is 12.1 Å². The van der Waals surface area contributed by atoms with Crippen molar-refractivity contribution in [3.8, 4) is 0 Å². The second-order valence-corrected chi connectivity index (χ2v) is 4.44. The van der Waals surface area contributed by atoms with Gasteiger partial charge in [0.25, 0.3) is 5.91 Å². The minimum atomic E-state index is -0.656. The van der Waals surface area contributed by atoms with Crippen molar-refractivity contribution in [3.63, 3.8) is 0 Å². The van der Waals surface area contributed by atoms with Crippen molar-refractivity contribution in [3.05, 3.63) is 17.5 Å². The number of hydrogen-bond donors (Lipinski definition) is 1. The van der Waals surface area contributed by atoms with Crippen LogP contribution in [0, 0.1) is 6.92 Å². The Bertz CT molecular complexity index is 441. The van der Waals surface area contributed by atoms with Crippen LogP contribution in [0.2, 0.25) is 0 Å². The molecule has 0 aromatic carbocycles. The Morgan fingerprint density at radius 2 is 2.22 bits per heavy atom. The second-order valence-electron chi connectivity index (χ2n) is 4.44. The van der Waals surface area contributed by atoms with Gasteiger partial charge in [-0.25, -0.2) is 0 Å². The van der Waals surface area contributed by atoms with Crippen molar-refractivity contribution in [2.45, 2.75) is 39.2 Å². The van der Waals surface area contributed by atoms with E-state index >= 15 is 0 Å². The van der Waals surface area contributed by atoms with Crippen LogP contribution in [0.25, 0.3) is 0 Å². The second kappa shape index (κ2) is 5.66. The predicted molar refractivity (Wildman–Crippen MR) is 64.0 cm³/mol. The molecule has 6 nitrogen and oxygen atoms in total. The van der Waals surface area contributed by atoms with Crippen LogP contribution in [-0.2, 0) is 9.53 Å². The first-order valence-corrected chi connectivity index (χ1v) is 5.73. The van der Waals surface area contributed by atoms with Gasteiger partial charge in [0.15, 0.2) is 5.69 Å². The molecule has 1 rings (SSSR count). The number of aromatic nitrogens is 1. The summed E-state index contributed by atoms with van der Waals surface area (Å²) >= 11 is 0. The first-order valence-electron chi connectivity index (χ1n) is 5.73. The minimum absolute atomic E-state index is 0.114. The quantitative estimate of drug-likeness (QED) is 0.804. The molecule has 0 unspecified atom stereocenters. The number of aryl methyl sites for hydroxylation is 1. The van der Waals surface area contributed by atoms with Gasteiger partial charge in [-0.15, -0.1) is 0 Å². The molecule has 0 bridgehead atoms. The van der Waals surface area contributed by atoms with Crippen molar-refractivity contribution in [2.75, 3.05) is 7.11 Å². The molecule has 1 heterocycles. The smallest absolute Gasteiger partial charge is 0.307 e. The maximum atomic E-state index is 11.9. The van der Waals surface area contributed by atoms with Crippen molar-refractivity contribution < 1.29 is 18.8 Å². The van der Waals surface area contributed by atoms with Gasteiger partial charge < -0.3 is 14.6 Å². The Balaban J connectivity index is 2.73. The third-order valence-corrected chi connectivity index (χ3v) is 2.82. The predicted octanol–water partition coefficient (Wildman–Crippen LogP) is 1.44. The highest BCUT2D eigenvalue weighted by Crippen LogP contribution is 2.16. The van der Waals surface area contributed by atoms with Gasteiger partial charge in [0.1, 0.15) is 5.76 Å². The summed E-state index contributed by atoms with van der Waals surface area (Å²) in [5.41, 5.74) is -0.450. The molecule has 0 radical (unpaired) electrons. The Kier molecular flexibility index (Phi) is 4.47. The molecule has 0 saturated carbocycles. The molecule has 100 valence electrons. The van der Waals surface area contributed by atoms with Crippen LogP contribution in [0.5, 0.6) is 0 Å². The fourth-order valence-electron chi connectivity index (χ4n) is 1.46. The van der Waals surface area contributed by atoms with Gasteiger partial charge >= 0.3 is 5.97 Å². The molecule has 0 saturated heterocycles. The van der Waals surface area contributed by atoms with Gasteiger partial charge in [0.2, 0.25) is 0 Å². The maximum Gasteiger partial charge on any atom is 0.307 e. The van der Waals surface area contributed by atoms with E-state index in [0.29, 0.717) is 12.2 Å². The number of rotatable bonds is 5. The van der Waals surface area contributed by atoms with E-state index in [1.165, 1.54) is 7.11 Å². The monoisotopic (exact) mass is 254 g/mol. The molecular weight excluding hydrogens is 236 g/mol. The zero-order valence-corrected chi connectivity index (χ0v) is 11.1. The SMILES string of the molecule is CC[C@@](C)(CC(=O)OC)NC(=O)c1cc(C)on1. The van der Waals surface area contributed by atoms with Gasteiger partial charge in [-0.05, 0) is 20.3 Å². The van der Waals surface area contributed by atoms with E-state index < -0.39 is 5.54 Å². The number of carbonyl (C=O) groups is 2. The molecule has 0 aliphatic carbocycles. The Morgan fingerprint density at radius 1 is 1.56 bits per heavy atom. The lowest BCUT2D eigenvalue weighted by Gasteiger charge is -2.27. The van der Waals surface area contributed by atoms with E-state index in [4.69, 9.17) is 4.52 Å². The third-order valence-electron chi connectivity index (χ3n) is 2.82. The van der Waals surface area contributed by atoms with Gasteiger partial charge in [0.05, 0.1) is 13.5 Å². The molecule has 18 heavy (non-hydrogen) atoms. The molecule has 1 atom stereocenters. The van der Waals surface area contributed by atoms with E-state index in [2.05, 4.69) is 15.2 Å². The lowest BCUT2D eigenvalue weighted by molar-refractivity contribution is -0.142. The zero-order valence-electron chi connectivity index (χ0n) is 11.1. The Morgan fingerprint density at radius 3 is 2.67 bits per heavy atom. The third kappa shape index (κ3) is 3.58. The molecular formula is C12H18N2O4. The summed E-state index contributed by atoms with van der Waals surface area (Å²) in [5.74, 6) is -0.164. The number of nitrogens with zero attached hydrogens (tertiary/aromatic N) is 1. The highest BCUT2D eigenvalue weighted by molar-refractivity contribution is 5.93. The Labute approximate surface area is 106 Å². The normalized spacial score (nSPS) is 13.8. The lowest BCUT2D eigenvalue weighted by Crippen LogP contribution is -2.47. The van der Waals surface area contributed by atoms with Crippen LogP contribution in [0.4, 0.5) is 0 Å². The number of carbonyl (C=O) groups excluding carboxylic acids is 2. The van der Waals surface area contributed by atoms with Crippen molar-refractivity contribution in [2.24, 2.45) is 0 Å². The van der Waals surface area contributed by atoms with Crippen molar-refractivity contribution in [1.29, 1.82) is 0 Å². The van der Waals surface area contributed by atoms with Crippen LogP contribution in [-0.4, -0.2) is 29.7 Å². The molecule has 6 heteroatoms. The number of nitrogens with one attached hydrogen (secondary N) is 1. The summed E-state index contributed by atoms with van der Waals surface area (Å²) in [4.78, 5) is 23.2. The summed E-state index contributed by atoms with van der Waals surface area (Å²) < 4.78 is 9.45. The van der Waals surface area contributed by atoms with Crippen LogP contribution in [0.1, 0.15) is 42.9 Å². The summed E-state index contributed by atoms with van der Waals surface area (Å²) in [6, 6.07) is 1.55. The van der Waals surface area contributed by atoms with Crippen molar-refractivity contribution in [1.82, 2.24) is 10.5 Å². The summed E-state index contributed by atoms with van der Waals surface area (Å²) in [6.45, 7) is 5.38. The van der Waals surface area contributed by atoms with E-state index in [9.17, 15) is 9.59 Å². The Hall–Kier alpha value is -1.85. The van der Waals surface area contributed by atoms with Crippen LogP contribution in [0.3, 0.4) is 0 Å². The molecule has 0 fully saturated rings. The standard InChI is InChI=1S/C12H18N2O4/c1-5-12(3,7-10(15)17-4)13-11(16)9-6-8(2)18-14-9/h6H,5,7H2,1-4H3,(H,13,16)/t12-/m0/s1. The average molecular weight is 254 g/mol. The number of amides is 1. The first kappa shape index (κ1) is 14.2. The van der Waals surface area contributed by atoms with Gasteiger partial charge in [0, 0.05) is 11.6 Å². The molecule has 0 spiro atoms. The number of esters is 1. The molecule has 1 aromatic heterocycles. The molecule has 1 N–H and O–H groups in total. The summed E-state index contributed by atoms with van der Waals surface area (Å²) in [5, 5.41) is 6.41. The maximum absolute atomic E-state index is 11.9. The topological polar surface area (TPSA) is 81.4 Å². The average Bonchev–Trinajstić information content (AvgIpc) is 2.75. The van der Waals surface area contributed by atoms with E-state index in [-0.39, 0.29) is 24.0 Å². The highest BCUT2D eigenvalue weighted by atomic mass is 16.5. The first-order chi connectivity index (χ1) is 8.40. The summed E-state index contributed by atoms with van der Waals surface area (Å²) in [6.07, 6.45) is 0.716. The van der Waals surface area contributed by atoms with E-state index in [1.54, 1.807) is 19.9 Å². The summed E-state index contributed by atoms with van der Waals surface area (Å²) in [7, 11) is 1.32. The lowest BCUT2D eigenvalue weighted by atomic mass is 9.94. The van der Waals surface area contributed by atoms with E-state index in [0.717, 1.165) is 0 Å². The van der Waals surface area contributed by atoms with E-state index in [1.807, 2.05) is 6.92 Å². The van der Waals surface area contributed by atoms with Crippen molar-refractivity contribution >= 4 is 11.9 Å². The minimum Gasteiger partial charge on any atom is -0.469 e. The molecule has 0 aliphatic heterocycles. The highest BCUT2D eigenvalue weighted by Gasteiger charge is 2.29. The zero-order chi connectivity index (χ0) is 13.8. The van der Waals surface area contributed by atoms with Gasteiger partial charge in [-0.2, -0.15) is 0 Å². The molecule has 1 amide bonds. The largest absolute Gasteiger partial charge is 0.469 e. The van der Waals surface area contributed by atoms with Crippen LogP contribution >= 0.6 is 0 Å². The fraction of sp³-hybridized carbons (Fsp3) is 0.583. The molecule has 0 aliphatic rings. The number of methoxy groups -OCH3 is 1. The number of ether oxygens (including phenoxy) is 1. The van der Waals surface area contributed by atoms with Crippen LogP contribution < -0.4 is 5.32 Å². The van der Waals surface area contributed by atoms with Crippen LogP contribution in [0.15, 0.2) is 10.6 Å².